The summed E-state index contributed by atoms with van der Waals surface area (Å²) in [6.07, 6.45) is 1.53. The molecule has 0 N–H and O–H groups in total. The zero-order chi connectivity index (χ0) is 21.0. The van der Waals surface area contributed by atoms with Gasteiger partial charge in [-0.1, -0.05) is 29.3 Å². The zero-order valence-corrected chi connectivity index (χ0v) is 16.9. The van der Waals surface area contributed by atoms with Crippen molar-refractivity contribution in [3.05, 3.63) is 63.3 Å². The van der Waals surface area contributed by atoms with E-state index in [2.05, 4.69) is 9.73 Å². The van der Waals surface area contributed by atoms with Crippen LogP contribution in [-0.4, -0.2) is 38.7 Å². The maximum absolute atomic E-state index is 12.2. The summed E-state index contributed by atoms with van der Waals surface area (Å²) >= 11 is 12.0. The third kappa shape index (κ3) is 4.88. The predicted molar refractivity (Wildman–Crippen MR) is 108 cm³/mol. The van der Waals surface area contributed by atoms with Crippen molar-refractivity contribution in [3.8, 4) is 11.5 Å². The van der Waals surface area contributed by atoms with Gasteiger partial charge in [0.25, 0.3) is 0 Å². The highest BCUT2D eigenvalue weighted by atomic mass is 35.5. The Morgan fingerprint density at radius 1 is 1.14 bits per heavy atom. The second kappa shape index (κ2) is 8.98. The first-order valence-electron chi connectivity index (χ1n) is 8.27. The number of esters is 2. The van der Waals surface area contributed by atoms with Gasteiger partial charge in [-0.05, 0) is 42.0 Å². The Labute approximate surface area is 176 Å². The van der Waals surface area contributed by atoms with Gasteiger partial charge in [0, 0.05) is 5.02 Å². The van der Waals surface area contributed by atoms with Gasteiger partial charge in [0.1, 0.15) is 0 Å². The van der Waals surface area contributed by atoms with Crippen LogP contribution in [0.1, 0.15) is 11.1 Å². The van der Waals surface area contributed by atoms with E-state index in [0.717, 1.165) is 0 Å². The summed E-state index contributed by atoms with van der Waals surface area (Å²) in [6.45, 7) is -0.255. The molecule has 0 aromatic heterocycles. The van der Waals surface area contributed by atoms with Crippen LogP contribution in [-0.2, 0) is 19.1 Å². The van der Waals surface area contributed by atoms with Gasteiger partial charge >= 0.3 is 11.9 Å². The van der Waals surface area contributed by atoms with Crippen molar-refractivity contribution in [3.63, 3.8) is 0 Å². The molecular formula is C20H15Cl2NO6. The molecule has 0 bridgehead atoms. The largest absolute Gasteiger partial charge is 0.493 e. The summed E-state index contributed by atoms with van der Waals surface area (Å²) in [5, 5.41) is 0.778. The standard InChI is InChI=1S/C20H15Cl2NO6/c1-26-17-8-11(3-6-16(17)28-10-18(24)27-2)7-15-20(25)29-19(23-15)13-5-4-12(21)9-14(13)22/h3-9H,10H2,1-2H3/b15-7-. The molecule has 1 aliphatic heterocycles. The highest BCUT2D eigenvalue weighted by molar-refractivity contribution is 6.37. The number of carbonyl (C=O) groups excluding carboxylic acids is 2. The maximum atomic E-state index is 12.2. The predicted octanol–water partition coefficient (Wildman–Crippen LogP) is 3.90. The fourth-order valence-corrected chi connectivity index (χ4v) is 2.92. The van der Waals surface area contributed by atoms with Crippen LogP contribution < -0.4 is 9.47 Å². The highest BCUT2D eigenvalue weighted by Gasteiger charge is 2.25. The molecule has 2 aromatic rings. The number of halogens is 2. The monoisotopic (exact) mass is 435 g/mol. The molecule has 2 aromatic carbocycles. The van der Waals surface area contributed by atoms with Crippen LogP contribution in [0.2, 0.25) is 10.0 Å². The number of rotatable bonds is 6. The van der Waals surface area contributed by atoms with E-state index in [1.165, 1.54) is 26.4 Å². The highest BCUT2D eigenvalue weighted by Crippen LogP contribution is 2.30. The molecule has 0 spiro atoms. The molecule has 1 aliphatic rings. The number of cyclic esters (lactones) is 1. The number of nitrogens with zero attached hydrogens (tertiary/aromatic N) is 1. The van der Waals surface area contributed by atoms with E-state index in [-0.39, 0.29) is 18.2 Å². The molecule has 150 valence electrons. The van der Waals surface area contributed by atoms with Crippen LogP contribution in [0.15, 0.2) is 47.1 Å². The van der Waals surface area contributed by atoms with E-state index in [0.29, 0.717) is 32.7 Å². The molecule has 7 nitrogen and oxygen atoms in total. The minimum atomic E-state index is -0.615. The Hall–Kier alpha value is -3.03. The number of aliphatic imine (C=N–C) groups is 1. The number of benzene rings is 2. The Morgan fingerprint density at radius 3 is 2.62 bits per heavy atom. The molecule has 9 heteroatoms. The minimum Gasteiger partial charge on any atom is -0.493 e. The average Bonchev–Trinajstić information content (AvgIpc) is 3.06. The van der Waals surface area contributed by atoms with Crippen LogP contribution in [0.5, 0.6) is 11.5 Å². The molecule has 3 rings (SSSR count). The molecule has 0 saturated carbocycles. The summed E-state index contributed by atoms with van der Waals surface area (Å²) in [4.78, 5) is 27.6. The Kier molecular flexibility index (Phi) is 6.41. The van der Waals surface area contributed by atoms with Gasteiger partial charge in [-0.15, -0.1) is 0 Å². The molecule has 0 atom stereocenters. The number of carbonyl (C=O) groups is 2. The van der Waals surface area contributed by atoms with Crippen molar-refractivity contribution in [1.82, 2.24) is 0 Å². The van der Waals surface area contributed by atoms with E-state index >= 15 is 0 Å². The van der Waals surface area contributed by atoms with E-state index in [9.17, 15) is 9.59 Å². The van der Waals surface area contributed by atoms with Crippen molar-refractivity contribution in [1.29, 1.82) is 0 Å². The van der Waals surface area contributed by atoms with Crippen molar-refractivity contribution in [2.45, 2.75) is 0 Å². The third-order valence-corrected chi connectivity index (χ3v) is 4.39. The second-order valence-electron chi connectivity index (χ2n) is 5.74. The van der Waals surface area contributed by atoms with Gasteiger partial charge in [-0.25, -0.2) is 14.6 Å². The smallest absolute Gasteiger partial charge is 0.363 e. The molecule has 0 unspecified atom stereocenters. The van der Waals surface area contributed by atoms with Crippen LogP contribution in [0, 0.1) is 0 Å². The summed E-state index contributed by atoms with van der Waals surface area (Å²) < 4.78 is 20.4. The first-order valence-corrected chi connectivity index (χ1v) is 9.02. The molecule has 0 fully saturated rings. The number of hydrogen-bond acceptors (Lipinski definition) is 7. The van der Waals surface area contributed by atoms with E-state index in [4.69, 9.17) is 37.4 Å². The van der Waals surface area contributed by atoms with Crippen LogP contribution in [0.3, 0.4) is 0 Å². The fraction of sp³-hybridized carbons (Fsp3) is 0.150. The molecule has 1 heterocycles. The summed E-state index contributed by atoms with van der Waals surface area (Å²) in [5.41, 5.74) is 1.17. The van der Waals surface area contributed by atoms with Gasteiger partial charge in [0.05, 0.1) is 24.8 Å². The fourth-order valence-electron chi connectivity index (χ4n) is 2.43. The summed E-state index contributed by atoms with van der Waals surface area (Å²) in [5.74, 6) is -0.315. The number of ether oxygens (including phenoxy) is 4. The van der Waals surface area contributed by atoms with Crippen molar-refractivity contribution >= 4 is 47.1 Å². The molecular weight excluding hydrogens is 421 g/mol. The van der Waals surface area contributed by atoms with Crippen molar-refractivity contribution in [2.24, 2.45) is 4.99 Å². The lowest BCUT2D eigenvalue weighted by atomic mass is 10.1. The Morgan fingerprint density at radius 2 is 1.93 bits per heavy atom. The summed E-state index contributed by atoms with van der Waals surface area (Å²) in [7, 11) is 2.73. The van der Waals surface area contributed by atoms with Crippen LogP contribution in [0.4, 0.5) is 0 Å². The van der Waals surface area contributed by atoms with Gasteiger partial charge in [-0.2, -0.15) is 0 Å². The van der Waals surface area contributed by atoms with Gasteiger partial charge in [-0.3, -0.25) is 0 Å². The first kappa shape index (κ1) is 20.7. The first-order chi connectivity index (χ1) is 13.9. The Balaban J connectivity index is 1.86. The lowest BCUT2D eigenvalue weighted by molar-refractivity contribution is -0.143. The molecule has 0 saturated heterocycles. The average molecular weight is 436 g/mol. The third-order valence-electron chi connectivity index (χ3n) is 3.85. The van der Waals surface area contributed by atoms with E-state index in [1.54, 1.807) is 30.3 Å². The topological polar surface area (TPSA) is 83.4 Å². The van der Waals surface area contributed by atoms with Gasteiger partial charge in [0.15, 0.2) is 23.8 Å². The lowest BCUT2D eigenvalue weighted by Gasteiger charge is -2.10. The zero-order valence-electron chi connectivity index (χ0n) is 15.4. The second-order valence-corrected chi connectivity index (χ2v) is 6.58. The van der Waals surface area contributed by atoms with E-state index < -0.39 is 11.9 Å². The Bertz CT molecular complexity index is 1030. The summed E-state index contributed by atoms with van der Waals surface area (Å²) in [6, 6.07) is 9.70. The molecule has 0 amide bonds. The van der Waals surface area contributed by atoms with Crippen molar-refractivity contribution in [2.75, 3.05) is 20.8 Å². The maximum Gasteiger partial charge on any atom is 0.363 e. The number of methoxy groups -OCH3 is 2. The van der Waals surface area contributed by atoms with Gasteiger partial charge < -0.3 is 18.9 Å². The minimum absolute atomic E-state index is 0.0907. The molecule has 29 heavy (non-hydrogen) atoms. The molecule has 0 radical (unpaired) electrons. The SMILES string of the molecule is COC(=O)COc1ccc(/C=C2\N=C(c3ccc(Cl)cc3Cl)OC2=O)cc1OC. The van der Waals surface area contributed by atoms with E-state index in [1.807, 2.05) is 0 Å². The van der Waals surface area contributed by atoms with Gasteiger partial charge in [0.2, 0.25) is 5.90 Å². The normalized spacial score (nSPS) is 14.4. The van der Waals surface area contributed by atoms with Crippen LogP contribution in [0.25, 0.3) is 6.08 Å². The van der Waals surface area contributed by atoms with Crippen LogP contribution >= 0.6 is 23.2 Å². The molecule has 0 aliphatic carbocycles. The lowest BCUT2D eigenvalue weighted by Crippen LogP contribution is -2.12. The number of hydrogen-bond donors (Lipinski definition) is 0. The quantitative estimate of drug-likeness (QED) is 0.505. The van der Waals surface area contributed by atoms with Crippen molar-refractivity contribution < 1.29 is 28.5 Å².